The van der Waals surface area contributed by atoms with Gasteiger partial charge in [-0.3, -0.25) is 4.79 Å². The summed E-state index contributed by atoms with van der Waals surface area (Å²) in [7, 11) is -3.69. The third-order valence-corrected chi connectivity index (χ3v) is 5.22. The van der Waals surface area contributed by atoms with Crippen LogP contribution in [0.2, 0.25) is 5.02 Å². The molecule has 2 aromatic heterocycles. The second-order valence-electron chi connectivity index (χ2n) is 3.86. The maximum atomic E-state index is 12.0. The van der Waals surface area contributed by atoms with Crippen molar-refractivity contribution in [2.45, 2.75) is 18.4 Å². The monoisotopic (exact) mass is 318 g/mol. The third kappa shape index (κ3) is 3.24. The van der Waals surface area contributed by atoms with E-state index in [1.807, 2.05) is 18.4 Å². The predicted octanol–water partition coefficient (Wildman–Crippen LogP) is 1.88. The fourth-order valence-electron chi connectivity index (χ4n) is 1.42. The number of aromatic amines is 1. The standard InChI is InChI=1S/C11H11ClN2O3S2/c1-7-2-3-18-10(7)6-14-19(16,17)8-4-9(12)11(15)13-5-8/h2-5,14H,6H2,1H3,(H,13,15). The number of nitrogens with one attached hydrogen (secondary N) is 2. The zero-order valence-electron chi connectivity index (χ0n) is 9.94. The number of thiophene rings is 1. The SMILES string of the molecule is Cc1ccsc1CNS(=O)(=O)c1c[nH]c(=O)c(Cl)c1. The first-order valence-electron chi connectivity index (χ1n) is 5.31. The van der Waals surface area contributed by atoms with Crippen LogP contribution in [-0.2, 0) is 16.6 Å². The van der Waals surface area contributed by atoms with Gasteiger partial charge in [-0.1, -0.05) is 11.6 Å². The number of H-pyrrole nitrogens is 1. The number of hydrogen-bond acceptors (Lipinski definition) is 4. The molecule has 0 fully saturated rings. The Morgan fingerprint density at radius 2 is 2.21 bits per heavy atom. The lowest BCUT2D eigenvalue weighted by molar-refractivity contribution is 0.581. The molecule has 5 nitrogen and oxygen atoms in total. The van der Waals surface area contributed by atoms with Crippen molar-refractivity contribution in [2.24, 2.45) is 0 Å². The number of aromatic nitrogens is 1. The molecule has 0 aromatic carbocycles. The Balaban J connectivity index is 2.21. The second-order valence-corrected chi connectivity index (χ2v) is 7.04. The first kappa shape index (κ1) is 14.3. The lowest BCUT2D eigenvalue weighted by Crippen LogP contribution is -2.24. The Bertz CT molecular complexity index is 749. The molecule has 0 aliphatic heterocycles. The van der Waals surface area contributed by atoms with E-state index >= 15 is 0 Å². The number of sulfonamides is 1. The second kappa shape index (κ2) is 5.46. The van der Waals surface area contributed by atoms with Crippen molar-refractivity contribution in [3.05, 3.63) is 49.5 Å². The van der Waals surface area contributed by atoms with Crippen molar-refractivity contribution in [2.75, 3.05) is 0 Å². The molecule has 0 bridgehead atoms. The summed E-state index contributed by atoms with van der Waals surface area (Å²) < 4.78 is 26.5. The summed E-state index contributed by atoms with van der Waals surface area (Å²) in [4.78, 5) is 14.2. The number of halogens is 1. The van der Waals surface area contributed by atoms with Crippen LogP contribution in [-0.4, -0.2) is 13.4 Å². The van der Waals surface area contributed by atoms with E-state index in [2.05, 4.69) is 9.71 Å². The molecule has 19 heavy (non-hydrogen) atoms. The van der Waals surface area contributed by atoms with Gasteiger partial charge in [0, 0.05) is 17.6 Å². The van der Waals surface area contributed by atoms with Crippen molar-refractivity contribution in [3.63, 3.8) is 0 Å². The van der Waals surface area contributed by atoms with Crippen LogP contribution in [0.4, 0.5) is 0 Å². The lowest BCUT2D eigenvalue weighted by atomic mass is 10.3. The van der Waals surface area contributed by atoms with E-state index in [0.717, 1.165) is 22.7 Å². The van der Waals surface area contributed by atoms with Crippen molar-refractivity contribution in [3.8, 4) is 0 Å². The molecular formula is C11H11ClN2O3S2. The molecule has 102 valence electrons. The highest BCUT2D eigenvalue weighted by molar-refractivity contribution is 7.89. The Hall–Kier alpha value is -1.15. The molecule has 0 radical (unpaired) electrons. The van der Waals surface area contributed by atoms with Crippen molar-refractivity contribution in [1.29, 1.82) is 0 Å². The third-order valence-electron chi connectivity index (χ3n) is 2.53. The van der Waals surface area contributed by atoms with Gasteiger partial charge < -0.3 is 4.98 Å². The van der Waals surface area contributed by atoms with E-state index in [1.165, 1.54) is 11.3 Å². The molecule has 0 amide bonds. The number of rotatable bonds is 4. The normalized spacial score (nSPS) is 11.7. The summed E-state index contributed by atoms with van der Waals surface area (Å²) >= 11 is 7.09. The minimum absolute atomic E-state index is 0.0636. The lowest BCUT2D eigenvalue weighted by Gasteiger charge is -2.06. The quantitative estimate of drug-likeness (QED) is 0.903. The molecular weight excluding hydrogens is 308 g/mol. The molecule has 0 spiro atoms. The molecule has 8 heteroatoms. The van der Waals surface area contributed by atoms with Crippen LogP contribution in [0.3, 0.4) is 0 Å². The number of pyridine rings is 1. The smallest absolute Gasteiger partial charge is 0.266 e. The highest BCUT2D eigenvalue weighted by atomic mass is 35.5. The van der Waals surface area contributed by atoms with Gasteiger partial charge in [-0.15, -0.1) is 11.3 Å². The maximum Gasteiger partial charge on any atom is 0.266 e. The molecule has 0 unspecified atom stereocenters. The largest absolute Gasteiger partial charge is 0.326 e. The van der Waals surface area contributed by atoms with Gasteiger partial charge in [0.1, 0.15) is 5.02 Å². The molecule has 0 aliphatic carbocycles. The number of aryl methyl sites for hydroxylation is 1. The van der Waals surface area contributed by atoms with Crippen molar-refractivity contribution < 1.29 is 8.42 Å². The highest BCUT2D eigenvalue weighted by Gasteiger charge is 2.16. The Labute approximate surface area is 119 Å². The van der Waals surface area contributed by atoms with Crippen LogP contribution in [0.15, 0.2) is 33.4 Å². The Kier molecular flexibility index (Phi) is 4.10. The molecule has 2 aromatic rings. The van der Waals surface area contributed by atoms with Gasteiger partial charge >= 0.3 is 0 Å². The summed E-state index contributed by atoms with van der Waals surface area (Å²) in [5, 5.41) is 1.74. The van der Waals surface area contributed by atoms with Crippen LogP contribution in [0.5, 0.6) is 0 Å². The van der Waals surface area contributed by atoms with E-state index in [-0.39, 0.29) is 16.5 Å². The molecule has 0 saturated heterocycles. The molecule has 0 saturated carbocycles. The van der Waals surface area contributed by atoms with E-state index in [1.54, 1.807) is 0 Å². The van der Waals surface area contributed by atoms with Gasteiger partial charge in [0.25, 0.3) is 5.56 Å². The van der Waals surface area contributed by atoms with E-state index < -0.39 is 15.6 Å². The molecule has 0 atom stereocenters. The van der Waals surface area contributed by atoms with Gasteiger partial charge in [-0.25, -0.2) is 13.1 Å². The highest BCUT2D eigenvalue weighted by Crippen LogP contribution is 2.17. The van der Waals surface area contributed by atoms with Gasteiger partial charge in [-0.2, -0.15) is 0 Å². The van der Waals surface area contributed by atoms with Crippen molar-refractivity contribution in [1.82, 2.24) is 9.71 Å². The minimum atomic E-state index is -3.69. The zero-order chi connectivity index (χ0) is 14.0. The number of hydrogen-bond donors (Lipinski definition) is 2. The zero-order valence-corrected chi connectivity index (χ0v) is 12.3. The average molecular weight is 319 g/mol. The van der Waals surface area contributed by atoms with Crippen LogP contribution in [0, 0.1) is 6.92 Å². The molecule has 0 aliphatic rings. The summed E-state index contributed by atoms with van der Waals surface area (Å²) in [6, 6.07) is 3.05. The van der Waals surface area contributed by atoms with Crippen LogP contribution in [0.1, 0.15) is 10.4 Å². The fraction of sp³-hybridized carbons (Fsp3) is 0.182. The Morgan fingerprint density at radius 1 is 1.47 bits per heavy atom. The summed E-state index contributed by atoms with van der Waals surface area (Å²) in [5.41, 5.74) is 0.516. The van der Waals surface area contributed by atoms with E-state index in [4.69, 9.17) is 11.6 Å². The van der Waals surface area contributed by atoms with Crippen LogP contribution < -0.4 is 10.3 Å². The maximum absolute atomic E-state index is 12.0. The molecule has 2 rings (SSSR count). The van der Waals surface area contributed by atoms with E-state index in [9.17, 15) is 13.2 Å². The van der Waals surface area contributed by atoms with Gasteiger partial charge in [-0.05, 0) is 30.0 Å². The average Bonchev–Trinajstić information content (AvgIpc) is 2.76. The first-order valence-corrected chi connectivity index (χ1v) is 8.05. The van der Waals surface area contributed by atoms with Crippen LogP contribution in [0.25, 0.3) is 0 Å². The summed E-state index contributed by atoms with van der Waals surface area (Å²) in [6.45, 7) is 2.12. The first-order chi connectivity index (χ1) is 8.90. The summed E-state index contributed by atoms with van der Waals surface area (Å²) in [6.07, 6.45) is 1.12. The predicted molar refractivity (Wildman–Crippen MR) is 75.2 cm³/mol. The van der Waals surface area contributed by atoms with Crippen LogP contribution >= 0.6 is 22.9 Å². The molecule has 2 N–H and O–H groups in total. The fourth-order valence-corrected chi connectivity index (χ4v) is 3.58. The van der Waals surface area contributed by atoms with Gasteiger partial charge in [0.2, 0.25) is 10.0 Å². The Morgan fingerprint density at radius 3 is 2.79 bits per heavy atom. The van der Waals surface area contributed by atoms with Gasteiger partial charge in [0.15, 0.2) is 0 Å². The molecule has 2 heterocycles. The minimum Gasteiger partial charge on any atom is -0.326 e. The van der Waals surface area contributed by atoms with E-state index in [0.29, 0.717) is 0 Å². The van der Waals surface area contributed by atoms with Gasteiger partial charge in [0.05, 0.1) is 4.90 Å². The summed E-state index contributed by atoms with van der Waals surface area (Å²) in [5.74, 6) is 0. The van der Waals surface area contributed by atoms with Crippen molar-refractivity contribution >= 4 is 33.0 Å². The topological polar surface area (TPSA) is 79.0 Å².